The van der Waals surface area contributed by atoms with Gasteiger partial charge in [-0.2, -0.15) is 0 Å². The maximum atomic E-state index is 14.0. The molecule has 1 fully saturated rings. The molecular weight excluding hydrogens is 568 g/mol. The monoisotopic (exact) mass is 606 g/mol. The number of halogens is 1. The fourth-order valence-electron chi connectivity index (χ4n) is 6.08. The van der Waals surface area contributed by atoms with Gasteiger partial charge in [0.2, 0.25) is 5.91 Å². The van der Waals surface area contributed by atoms with Crippen molar-refractivity contribution in [2.75, 3.05) is 72.5 Å². The van der Waals surface area contributed by atoms with E-state index in [1.54, 1.807) is 38.3 Å². The SMILES string of the molecule is COc1ccc([C@@H]2[C@@H](C(=O)NCCCN3CCN(c4cccc(Cl)c4)CC3)c3cc(OC)c(OC)cc3C(=O)N2C)cc1. The maximum Gasteiger partial charge on any atom is 0.254 e. The smallest absolute Gasteiger partial charge is 0.254 e. The van der Waals surface area contributed by atoms with Crippen LogP contribution in [0.2, 0.25) is 5.02 Å². The number of carbonyl (C=O) groups is 2. The summed E-state index contributed by atoms with van der Waals surface area (Å²) < 4.78 is 16.4. The molecule has 2 aliphatic heterocycles. The lowest BCUT2D eigenvalue weighted by atomic mass is 9.79. The number of hydrogen-bond donors (Lipinski definition) is 1. The molecule has 5 rings (SSSR count). The number of likely N-dealkylation sites (N-methyl/N-ethyl adjacent to an activating group) is 1. The van der Waals surface area contributed by atoms with E-state index in [9.17, 15) is 9.59 Å². The van der Waals surface area contributed by atoms with Gasteiger partial charge in [0.25, 0.3) is 5.91 Å². The minimum absolute atomic E-state index is 0.139. The van der Waals surface area contributed by atoms with Crippen molar-refractivity contribution in [1.82, 2.24) is 15.1 Å². The molecule has 9 nitrogen and oxygen atoms in total. The molecule has 1 saturated heterocycles. The highest BCUT2D eigenvalue weighted by atomic mass is 35.5. The molecule has 10 heteroatoms. The number of piperazine rings is 1. The molecule has 2 atom stereocenters. The lowest BCUT2D eigenvalue weighted by molar-refractivity contribution is -0.124. The van der Waals surface area contributed by atoms with Gasteiger partial charge < -0.3 is 29.3 Å². The lowest BCUT2D eigenvalue weighted by Gasteiger charge is -2.40. The third kappa shape index (κ3) is 6.53. The van der Waals surface area contributed by atoms with Gasteiger partial charge in [0.1, 0.15) is 5.75 Å². The van der Waals surface area contributed by atoms with Gasteiger partial charge in [0.15, 0.2) is 11.5 Å². The molecular formula is C33H39ClN4O5. The predicted octanol–water partition coefficient (Wildman–Crippen LogP) is 4.60. The van der Waals surface area contributed by atoms with Gasteiger partial charge in [-0.25, -0.2) is 0 Å². The van der Waals surface area contributed by atoms with E-state index >= 15 is 0 Å². The first-order valence-corrected chi connectivity index (χ1v) is 14.9. The van der Waals surface area contributed by atoms with Crippen LogP contribution in [0.3, 0.4) is 0 Å². The predicted molar refractivity (Wildman–Crippen MR) is 168 cm³/mol. The van der Waals surface area contributed by atoms with Gasteiger partial charge in [0, 0.05) is 56.0 Å². The van der Waals surface area contributed by atoms with E-state index in [0.717, 1.165) is 55.4 Å². The van der Waals surface area contributed by atoms with E-state index in [4.69, 9.17) is 25.8 Å². The fourth-order valence-corrected chi connectivity index (χ4v) is 6.26. The van der Waals surface area contributed by atoms with E-state index in [-0.39, 0.29) is 11.8 Å². The zero-order chi connectivity index (χ0) is 30.5. The first-order valence-electron chi connectivity index (χ1n) is 14.5. The van der Waals surface area contributed by atoms with Crippen molar-refractivity contribution in [3.8, 4) is 17.2 Å². The van der Waals surface area contributed by atoms with Crippen molar-refractivity contribution < 1.29 is 23.8 Å². The number of nitrogens with zero attached hydrogens (tertiary/aromatic N) is 3. The molecule has 0 bridgehead atoms. The van der Waals surface area contributed by atoms with Crippen LogP contribution in [0.1, 0.15) is 39.9 Å². The van der Waals surface area contributed by atoms with Crippen molar-refractivity contribution in [2.24, 2.45) is 0 Å². The summed E-state index contributed by atoms with van der Waals surface area (Å²) in [6.07, 6.45) is 0.816. The van der Waals surface area contributed by atoms with E-state index in [1.165, 1.54) is 7.11 Å². The Labute approximate surface area is 258 Å². The van der Waals surface area contributed by atoms with Crippen molar-refractivity contribution in [1.29, 1.82) is 0 Å². The number of rotatable bonds is 10. The van der Waals surface area contributed by atoms with Gasteiger partial charge in [-0.15, -0.1) is 0 Å². The van der Waals surface area contributed by atoms with Gasteiger partial charge in [-0.3, -0.25) is 14.5 Å². The van der Waals surface area contributed by atoms with Crippen LogP contribution < -0.4 is 24.4 Å². The first-order chi connectivity index (χ1) is 20.8. The average Bonchev–Trinajstić information content (AvgIpc) is 3.04. The number of anilines is 1. The van der Waals surface area contributed by atoms with Crippen molar-refractivity contribution in [3.63, 3.8) is 0 Å². The van der Waals surface area contributed by atoms with Crippen LogP contribution in [0.5, 0.6) is 17.2 Å². The van der Waals surface area contributed by atoms with Crippen LogP contribution in [-0.4, -0.2) is 89.3 Å². The molecule has 3 aromatic rings. The molecule has 2 amide bonds. The zero-order valence-electron chi connectivity index (χ0n) is 25.1. The molecule has 0 aliphatic carbocycles. The highest BCUT2D eigenvalue weighted by Gasteiger charge is 2.43. The summed E-state index contributed by atoms with van der Waals surface area (Å²) in [6.45, 7) is 5.17. The average molecular weight is 607 g/mol. The topological polar surface area (TPSA) is 83.6 Å². The zero-order valence-corrected chi connectivity index (χ0v) is 25.9. The minimum Gasteiger partial charge on any atom is -0.497 e. The van der Waals surface area contributed by atoms with Crippen molar-refractivity contribution in [3.05, 3.63) is 82.4 Å². The molecule has 0 unspecified atom stereocenters. The fraction of sp³-hybridized carbons (Fsp3) is 0.394. The summed E-state index contributed by atoms with van der Waals surface area (Å²) in [4.78, 5) is 34.0. The number of benzene rings is 3. The summed E-state index contributed by atoms with van der Waals surface area (Å²) in [5.74, 6) is 0.654. The Morgan fingerprint density at radius 1 is 0.930 bits per heavy atom. The highest BCUT2D eigenvalue weighted by molar-refractivity contribution is 6.30. The number of hydrogen-bond acceptors (Lipinski definition) is 7. The van der Waals surface area contributed by atoms with Crippen molar-refractivity contribution >= 4 is 29.1 Å². The number of amides is 2. The summed E-state index contributed by atoms with van der Waals surface area (Å²) in [7, 11) is 6.42. The van der Waals surface area contributed by atoms with Crippen LogP contribution >= 0.6 is 11.6 Å². The van der Waals surface area contributed by atoms with E-state index in [2.05, 4.69) is 21.2 Å². The summed E-state index contributed by atoms with van der Waals surface area (Å²) in [5.41, 5.74) is 3.05. The molecule has 3 aromatic carbocycles. The number of carbonyl (C=O) groups excluding carboxylic acids is 2. The van der Waals surface area contributed by atoms with E-state index in [0.29, 0.717) is 34.9 Å². The number of ether oxygens (including phenoxy) is 3. The molecule has 0 aromatic heterocycles. The quantitative estimate of drug-likeness (QED) is 0.338. The molecule has 228 valence electrons. The standard InChI is InChI=1S/C33H39ClN4O5/c1-36-31(22-9-11-25(41-2)12-10-22)30(26-20-28(42-3)29(43-4)21-27(26)33(36)40)32(39)35-13-6-14-37-15-17-38(18-16-37)24-8-5-7-23(34)19-24/h5,7-12,19-21,30-31H,6,13-18H2,1-4H3,(H,35,39)/t30-,31+/m0/s1. The molecule has 2 aliphatic rings. The summed E-state index contributed by atoms with van der Waals surface area (Å²) >= 11 is 6.18. The minimum atomic E-state index is -0.646. The molecule has 2 heterocycles. The molecule has 43 heavy (non-hydrogen) atoms. The number of methoxy groups -OCH3 is 3. The van der Waals surface area contributed by atoms with Crippen LogP contribution in [0.4, 0.5) is 5.69 Å². The Balaban J connectivity index is 1.29. The van der Waals surface area contributed by atoms with Crippen LogP contribution in [-0.2, 0) is 4.79 Å². The Morgan fingerprint density at radius 2 is 1.63 bits per heavy atom. The Bertz CT molecular complexity index is 1440. The van der Waals surface area contributed by atoms with E-state index in [1.807, 2.05) is 42.5 Å². The summed E-state index contributed by atoms with van der Waals surface area (Å²) in [6, 6.07) is 18.4. The Hall–Kier alpha value is -3.95. The van der Waals surface area contributed by atoms with E-state index < -0.39 is 12.0 Å². The second-order valence-corrected chi connectivity index (χ2v) is 11.3. The molecule has 1 N–H and O–H groups in total. The van der Waals surface area contributed by atoms with Gasteiger partial charge >= 0.3 is 0 Å². The number of fused-ring (bicyclic) bond motifs is 1. The second-order valence-electron chi connectivity index (χ2n) is 10.9. The first kappa shape index (κ1) is 30.5. The molecule has 0 saturated carbocycles. The third-order valence-electron chi connectivity index (χ3n) is 8.41. The van der Waals surface area contributed by atoms with Gasteiger partial charge in [-0.1, -0.05) is 29.8 Å². The molecule has 0 radical (unpaired) electrons. The second kappa shape index (κ2) is 13.6. The third-order valence-corrected chi connectivity index (χ3v) is 8.65. The van der Waals surface area contributed by atoms with Gasteiger partial charge in [0.05, 0.1) is 33.3 Å². The molecule has 0 spiro atoms. The van der Waals surface area contributed by atoms with Crippen molar-refractivity contribution in [2.45, 2.75) is 18.4 Å². The van der Waals surface area contributed by atoms with Crippen LogP contribution in [0, 0.1) is 0 Å². The summed E-state index contributed by atoms with van der Waals surface area (Å²) in [5, 5.41) is 3.92. The Morgan fingerprint density at radius 3 is 2.28 bits per heavy atom. The van der Waals surface area contributed by atoms with Crippen LogP contribution in [0.25, 0.3) is 0 Å². The van der Waals surface area contributed by atoms with Gasteiger partial charge in [-0.05, 0) is 66.6 Å². The Kier molecular flexibility index (Phi) is 9.62. The maximum absolute atomic E-state index is 14.0. The lowest BCUT2D eigenvalue weighted by Crippen LogP contribution is -2.47. The van der Waals surface area contributed by atoms with Crippen LogP contribution in [0.15, 0.2) is 60.7 Å². The number of nitrogens with one attached hydrogen (secondary N) is 1. The highest BCUT2D eigenvalue weighted by Crippen LogP contribution is 2.45. The normalized spacial score (nSPS) is 18.7. The largest absolute Gasteiger partial charge is 0.497 e.